The van der Waals surface area contributed by atoms with E-state index in [0.29, 0.717) is 10.4 Å². The van der Waals surface area contributed by atoms with Gasteiger partial charge in [-0.15, -0.1) is 11.3 Å². The molecule has 1 aliphatic heterocycles. The van der Waals surface area contributed by atoms with Gasteiger partial charge in [0, 0.05) is 31.7 Å². The highest BCUT2D eigenvalue weighted by Crippen LogP contribution is 2.23. The summed E-state index contributed by atoms with van der Waals surface area (Å²) in [7, 11) is -4.22. The molecule has 1 aliphatic rings. The normalized spacial score (nSPS) is 15.1. The van der Waals surface area contributed by atoms with Crippen molar-refractivity contribution >= 4 is 38.9 Å². The van der Waals surface area contributed by atoms with Crippen molar-refractivity contribution in [1.82, 2.24) is 15.1 Å². The number of thiophene rings is 1. The molecule has 1 fully saturated rings. The fourth-order valence-corrected chi connectivity index (χ4v) is 6.32. The topological polar surface area (TPSA) is 104 Å². The van der Waals surface area contributed by atoms with E-state index in [2.05, 4.69) is 26.1 Å². The van der Waals surface area contributed by atoms with E-state index in [1.165, 1.54) is 17.0 Å². The number of sulfone groups is 1. The van der Waals surface area contributed by atoms with Crippen LogP contribution in [0.15, 0.2) is 77.0 Å². The van der Waals surface area contributed by atoms with Crippen molar-refractivity contribution < 1.29 is 22.8 Å². The van der Waals surface area contributed by atoms with Crippen molar-refractivity contribution in [2.24, 2.45) is 0 Å². The smallest absolute Gasteiger partial charge is 0.262 e. The van der Waals surface area contributed by atoms with Crippen LogP contribution in [0.4, 0.5) is 0 Å². The number of nitrogens with one attached hydrogen (secondary N) is 1. The molecule has 1 aromatic heterocycles. The van der Waals surface area contributed by atoms with Gasteiger partial charge in [0.2, 0.25) is 15.2 Å². The van der Waals surface area contributed by atoms with Gasteiger partial charge in [0.25, 0.3) is 17.7 Å². The van der Waals surface area contributed by atoms with Crippen molar-refractivity contribution in [2.45, 2.75) is 36.5 Å². The van der Waals surface area contributed by atoms with Crippen LogP contribution >= 0.6 is 11.3 Å². The molecule has 10 heteroatoms. The Morgan fingerprint density at radius 1 is 0.842 bits per heavy atom. The Labute approximate surface area is 227 Å². The third kappa shape index (κ3) is 5.97. The van der Waals surface area contributed by atoms with Gasteiger partial charge in [-0.25, -0.2) is 8.42 Å². The molecular formula is C28H31N3O5S2. The van der Waals surface area contributed by atoms with Gasteiger partial charge < -0.3 is 15.1 Å². The van der Waals surface area contributed by atoms with Gasteiger partial charge in [0.15, 0.2) is 0 Å². The van der Waals surface area contributed by atoms with Gasteiger partial charge in [-0.2, -0.15) is 0 Å². The lowest BCUT2D eigenvalue weighted by molar-refractivity contribution is -0.132. The summed E-state index contributed by atoms with van der Waals surface area (Å²) >= 11 is 1.15. The average molecular weight is 554 g/mol. The van der Waals surface area contributed by atoms with E-state index < -0.39 is 27.0 Å². The van der Waals surface area contributed by atoms with Crippen LogP contribution in [0.1, 0.15) is 46.4 Å². The number of amides is 3. The molecule has 1 saturated heterocycles. The van der Waals surface area contributed by atoms with Crippen LogP contribution in [0, 0.1) is 0 Å². The fraction of sp³-hybridized carbons (Fsp3) is 0.321. The number of carbonyl (C=O) groups excluding carboxylic acids is 3. The van der Waals surface area contributed by atoms with Gasteiger partial charge in [0.1, 0.15) is 0 Å². The molecule has 0 aliphatic carbocycles. The Bertz CT molecular complexity index is 1390. The van der Waals surface area contributed by atoms with Crippen LogP contribution in [-0.4, -0.2) is 67.5 Å². The largest absolute Gasteiger partial charge is 0.336 e. The minimum Gasteiger partial charge on any atom is -0.336 e. The molecule has 38 heavy (non-hydrogen) atoms. The first-order valence-electron chi connectivity index (χ1n) is 12.3. The second-order valence-electron chi connectivity index (χ2n) is 10.1. The first-order valence-corrected chi connectivity index (χ1v) is 14.7. The average Bonchev–Trinajstić information content (AvgIpc) is 3.46. The van der Waals surface area contributed by atoms with Crippen LogP contribution in [-0.2, 0) is 20.0 Å². The molecule has 4 rings (SSSR count). The molecular weight excluding hydrogens is 522 g/mol. The summed E-state index contributed by atoms with van der Waals surface area (Å²) in [5, 5.41) is 2.36. The maximum atomic E-state index is 13.5. The Kier molecular flexibility index (Phi) is 8.03. The van der Waals surface area contributed by atoms with Crippen LogP contribution in [0.3, 0.4) is 0 Å². The second-order valence-corrected chi connectivity index (χ2v) is 13.1. The number of benzene rings is 2. The third-order valence-corrected chi connectivity index (χ3v) is 9.23. The highest BCUT2D eigenvalue weighted by Gasteiger charge is 2.39. The molecule has 0 saturated carbocycles. The van der Waals surface area contributed by atoms with Crippen LogP contribution in [0.2, 0.25) is 0 Å². The molecule has 200 valence electrons. The number of hydrogen-bond donors (Lipinski definition) is 1. The SMILES string of the molecule is CC(C)(C)c1ccc(C(=O)N2CCN(C(=O)[C@H](NC(=O)c3cccs3)S(=O)(=O)c3ccccc3)CC2)cc1. The monoisotopic (exact) mass is 553 g/mol. The Morgan fingerprint density at radius 3 is 2.00 bits per heavy atom. The zero-order chi connectivity index (χ0) is 27.5. The first-order chi connectivity index (χ1) is 18.0. The van der Waals surface area contributed by atoms with Gasteiger partial charge in [-0.1, -0.05) is 57.2 Å². The molecule has 1 atom stereocenters. The van der Waals surface area contributed by atoms with Crippen LogP contribution in [0.5, 0.6) is 0 Å². The molecule has 1 N–H and O–H groups in total. The minimum atomic E-state index is -4.22. The standard InChI is InChI=1S/C28H31N3O5S2/c1-28(2,3)21-13-11-20(12-14-21)26(33)30-15-17-31(18-16-30)27(34)25(29-24(32)23-10-7-19-37-23)38(35,36)22-8-5-4-6-9-22/h4-14,19,25H,15-18H2,1-3H3,(H,29,32)/t25-/m1/s1. The van der Waals surface area contributed by atoms with Crippen LogP contribution in [0.25, 0.3) is 0 Å². The summed E-state index contributed by atoms with van der Waals surface area (Å²) in [5.41, 5.74) is 1.66. The van der Waals surface area contributed by atoms with Crippen LogP contribution < -0.4 is 5.32 Å². The highest BCUT2D eigenvalue weighted by molar-refractivity contribution is 7.92. The number of hydrogen-bond acceptors (Lipinski definition) is 6. The molecule has 0 spiro atoms. The van der Waals surface area contributed by atoms with E-state index in [-0.39, 0.29) is 42.4 Å². The van der Waals surface area contributed by atoms with Gasteiger partial charge in [-0.05, 0) is 46.7 Å². The fourth-order valence-electron chi connectivity index (χ4n) is 4.21. The maximum absolute atomic E-state index is 13.5. The van der Waals surface area contributed by atoms with Crippen molar-refractivity contribution in [3.05, 3.63) is 88.1 Å². The third-order valence-electron chi connectivity index (χ3n) is 6.49. The maximum Gasteiger partial charge on any atom is 0.262 e. The molecule has 0 bridgehead atoms. The predicted molar refractivity (Wildman–Crippen MR) is 147 cm³/mol. The van der Waals surface area contributed by atoms with E-state index in [4.69, 9.17) is 0 Å². The number of rotatable bonds is 6. The number of piperazine rings is 1. The zero-order valence-corrected chi connectivity index (χ0v) is 23.2. The quantitative estimate of drug-likeness (QED) is 0.503. The summed E-state index contributed by atoms with van der Waals surface area (Å²) < 4.78 is 26.9. The van der Waals surface area contributed by atoms with Gasteiger partial charge in [-0.3, -0.25) is 14.4 Å². The lowest BCUT2D eigenvalue weighted by Crippen LogP contribution is -2.57. The summed E-state index contributed by atoms with van der Waals surface area (Å²) in [6.07, 6.45) is 0. The second kappa shape index (κ2) is 11.1. The summed E-state index contributed by atoms with van der Waals surface area (Å²) in [6.45, 7) is 7.13. The molecule has 2 heterocycles. The van der Waals surface area contributed by atoms with Crippen molar-refractivity contribution in [1.29, 1.82) is 0 Å². The van der Waals surface area contributed by atoms with E-state index >= 15 is 0 Å². The van der Waals surface area contributed by atoms with E-state index in [9.17, 15) is 22.8 Å². The molecule has 8 nitrogen and oxygen atoms in total. The molecule has 0 radical (unpaired) electrons. The lowest BCUT2D eigenvalue weighted by atomic mass is 9.86. The molecule has 2 aromatic carbocycles. The molecule has 0 unspecified atom stereocenters. The summed E-state index contributed by atoms with van der Waals surface area (Å²) in [5.74, 6) is -1.50. The highest BCUT2D eigenvalue weighted by atomic mass is 32.2. The van der Waals surface area contributed by atoms with Gasteiger partial charge >= 0.3 is 0 Å². The molecule has 3 amide bonds. The lowest BCUT2D eigenvalue weighted by Gasteiger charge is -2.36. The molecule has 3 aromatic rings. The van der Waals surface area contributed by atoms with Crippen molar-refractivity contribution in [2.75, 3.05) is 26.2 Å². The Morgan fingerprint density at radius 2 is 1.45 bits per heavy atom. The number of nitrogens with zero attached hydrogens (tertiary/aromatic N) is 2. The van der Waals surface area contributed by atoms with Crippen molar-refractivity contribution in [3.8, 4) is 0 Å². The van der Waals surface area contributed by atoms with Gasteiger partial charge in [0.05, 0.1) is 9.77 Å². The van der Waals surface area contributed by atoms with E-state index in [0.717, 1.165) is 16.9 Å². The summed E-state index contributed by atoms with van der Waals surface area (Å²) in [4.78, 5) is 42.7. The Hall–Kier alpha value is -3.50. The number of carbonyl (C=O) groups is 3. The van der Waals surface area contributed by atoms with E-state index in [1.807, 2.05) is 24.3 Å². The first kappa shape index (κ1) is 27.5. The Balaban J connectivity index is 1.49. The minimum absolute atomic E-state index is 0.0247. The van der Waals surface area contributed by atoms with Crippen molar-refractivity contribution in [3.63, 3.8) is 0 Å². The summed E-state index contributed by atoms with van der Waals surface area (Å²) in [6, 6.07) is 18.3. The predicted octanol–water partition coefficient (Wildman–Crippen LogP) is 3.56. The zero-order valence-electron chi connectivity index (χ0n) is 21.6. The van der Waals surface area contributed by atoms with E-state index in [1.54, 1.807) is 40.6 Å².